The Morgan fingerprint density at radius 2 is 1.81 bits per heavy atom. The van der Waals surface area contributed by atoms with Crippen LogP contribution >= 0.6 is 0 Å². The number of aliphatic carboxylic acids is 1. The first-order valence-electron chi connectivity index (χ1n) is 9.84. The van der Waals surface area contributed by atoms with Crippen LogP contribution in [0.2, 0.25) is 0 Å². The van der Waals surface area contributed by atoms with E-state index in [1.165, 1.54) is 12.4 Å². The summed E-state index contributed by atoms with van der Waals surface area (Å²) in [6.45, 7) is 2.84. The van der Waals surface area contributed by atoms with Gasteiger partial charge in [0.05, 0.1) is 37.3 Å². The molecule has 1 unspecified atom stereocenters. The van der Waals surface area contributed by atoms with Crippen LogP contribution in [0.1, 0.15) is 24.8 Å². The summed E-state index contributed by atoms with van der Waals surface area (Å²) in [5.41, 5.74) is 1.01. The van der Waals surface area contributed by atoms with Crippen molar-refractivity contribution in [2.45, 2.75) is 43.8 Å². The molecule has 2 aliphatic heterocycles. The molecule has 8 nitrogen and oxygen atoms in total. The summed E-state index contributed by atoms with van der Waals surface area (Å²) in [5.74, 6) is -2.59. The van der Waals surface area contributed by atoms with Crippen molar-refractivity contribution in [3.63, 3.8) is 0 Å². The average molecular weight is 458 g/mol. The molecule has 174 valence electrons. The van der Waals surface area contributed by atoms with Gasteiger partial charge in [0.25, 0.3) is 0 Å². The Kier molecular flexibility index (Phi) is 7.56. The fourth-order valence-corrected chi connectivity index (χ4v) is 3.53. The molecule has 2 aromatic rings. The Hall–Kier alpha value is -2.86. The van der Waals surface area contributed by atoms with Crippen LogP contribution < -0.4 is 4.90 Å². The molecule has 1 spiro atoms. The summed E-state index contributed by atoms with van der Waals surface area (Å²) in [6, 6.07) is 3.93. The number of ether oxygens (including phenoxy) is 2. The van der Waals surface area contributed by atoms with Gasteiger partial charge in [-0.3, -0.25) is 4.98 Å². The molecular weight excluding hydrogens is 436 g/mol. The van der Waals surface area contributed by atoms with Crippen LogP contribution in [0.15, 0.2) is 36.9 Å². The van der Waals surface area contributed by atoms with Crippen LogP contribution in [0.25, 0.3) is 0 Å². The number of pyridine rings is 1. The van der Waals surface area contributed by atoms with E-state index in [0.29, 0.717) is 19.2 Å². The van der Waals surface area contributed by atoms with Crippen LogP contribution in [0, 0.1) is 5.82 Å². The molecule has 12 heteroatoms. The molecule has 2 aromatic heterocycles. The fraction of sp³-hybridized carbons (Fsp3) is 0.500. The number of aromatic nitrogens is 3. The molecule has 2 fully saturated rings. The minimum Gasteiger partial charge on any atom is -0.475 e. The molecule has 32 heavy (non-hydrogen) atoms. The number of halogens is 4. The number of carboxylic acid groups (broad SMARTS) is 1. The van der Waals surface area contributed by atoms with Gasteiger partial charge in [0.2, 0.25) is 5.95 Å². The lowest BCUT2D eigenvalue weighted by molar-refractivity contribution is -0.192. The number of carbonyl (C=O) groups is 1. The summed E-state index contributed by atoms with van der Waals surface area (Å²) >= 11 is 0. The zero-order chi connectivity index (χ0) is 23.2. The summed E-state index contributed by atoms with van der Waals surface area (Å²) < 4.78 is 56.8. The Balaban J connectivity index is 0.000000360. The highest BCUT2D eigenvalue weighted by Crippen LogP contribution is 2.37. The van der Waals surface area contributed by atoms with Crippen molar-refractivity contribution in [3.05, 3.63) is 48.3 Å². The molecule has 0 bridgehead atoms. The van der Waals surface area contributed by atoms with Gasteiger partial charge >= 0.3 is 12.1 Å². The van der Waals surface area contributed by atoms with E-state index in [-0.39, 0.29) is 11.7 Å². The molecule has 0 radical (unpaired) electrons. The van der Waals surface area contributed by atoms with Gasteiger partial charge in [-0.15, -0.1) is 0 Å². The van der Waals surface area contributed by atoms with Crippen molar-refractivity contribution in [3.8, 4) is 0 Å². The Labute approximate surface area is 181 Å². The molecule has 0 aliphatic carbocycles. The largest absolute Gasteiger partial charge is 0.490 e. The van der Waals surface area contributed by atoms with Gasteiger partial charge in [0, 0.05) is 31.9 Å². The van der Waals surface area contributed by atoms with Gasteiger partial charge in [-0.2, -0.15) is 13.2 Å². The molecule has 0 aromatic carbocycles. The second-order valence-electron chi connectivity index (χ2n) is 7.48. The number of rotatable bonds is 4. The molecule has 2 aliphatic rings. The van der Waals surface area contributed by atoms with Gasteiger partial charge in [0.15, 0.2) is 5.82 Å². The quantitative estimate of drug-likeness (QED) is 0.699. The molecule has 0 saturated carbocycles. The van der Waals surface area contributed by atoms with Crippen molar-refractivity contribution in [2.75, 3.05) is 24.6 Å². The molecule has 1 N–H and O–H groups in total. The number of hydrogen-bond donors (Lipinski definition) is 1. The second-order valence-corrected chi connectivity index (χ2v) is 7.48. The highest BCUT2D eigenvalue weighted by Gasteiger charge is 2.43. The fourth-order valence-electron chi connectivity index (χ4n) is 3.53. The molecule has 0 amide bonds. The number of alkyl halides is 3. The van der Waals surface area contributed by atoms with Gasteiger partial charge in [0.1, 0.15) is 0 Å². The van der Waals surface area contributed by atoms with Crippen molar-refractivity contribution in [2.24, 2.45) is 0 Å². The van der Waals surface area contributed by atoms with E-state index < -0.39 is 18.0 Å². The topological polar surface area (TPSA) is 97.7 Å². The van der Waals surface area contributed by atoms with Crippen LogP contribution in [-0.4, -0.2) is 63.6 Å². The highest BCUT2D eigenvalue weighted by atomic mass is 19.4. The number of piperidine rings is 1. The summed E-state index contributed by atoms with van der Waals surface area (Å²) in [7, 11) is 0. The van der Waals surface area contributed by atoms with Crippen molar-refractivity contribution in [1.29, 1.82) is 0 Å². The third-order valence-corrected chi connectivity index (χ3v) is 5.22. The van der Waals surface area contributed by atoms with Crippen LogP contribution in [0.3, 0.4) is 0 Å². The second kappa shape index (κ2) is 10.2. The molecule has 4 rings (SSSR count). The lowest BCUT2D eigenvalue weighted by Crippen LogP contribution is -2.45. The van der Waals surface area contributed by atoms with E-state index in [4.69, 9.17) is 19.4 Å². The van der Waals surface area contributed by atoms with Gasteiger partial charge < -0.3 is 19.5 Å². The molecule has 1 atom stereocenters. The van der Waals surface area contributed by atoms with Gasteiger partial charge in [-0.25, -0.2) is 19.2 Å². The van der Waals surface area contributed by atoms with E-state index in [9.17, 15) is 17.6 Å². The van der Waals surface area contributed by atoms with Crippen LogP contribution in [-0.2, 0) is 20.9 Å². The standard InChI is InChI=1S/C18H21FN4O2.C2HF3O2/c19-15-10-21-17(22-11-15)23-7-3-18(4-8-23)9-16(13-25-18)24-12-14-1-5-20-6-2-14;3-2(4,5)1(6)7/h1-2,5-6,10-11,16H,3-4,7-9,12-13H2;(H,6,7). The lowest BCUT2D eigenvalue weighted by Gasteiger charge is -2.38. The van der Waals surface area contributed by atoms with Crippen LogP contribution in [0.4, 0.5) is 23.5 Å². The van der Waals surface area contributed by atoms with Gasteiger partial charge in [-0.1, -0.05) is 0 Å². The van der Waals surface area contributed by atoms with E-state index in [0.717, 1.165) is 37.9 Å². The predicted molar refractivity (Wildman–Crippen MR) is 103 cm³/mol. The molecule has 4 heterocycles. The lowest BCUT2D eigenvalue weighted by atomic mass is 9.88. The smallest absolute Gasteiger partial charge is 0.475 e. The normalized spacial score (nSPS) is 20.0. The monoisotopic (exact) mass is 458 g/mol. The Morgan fingerprint density at radius 1 is 1.22 bits per heavy atom. The molecule has 2 saturated heterocycles. The maximum atomic E-state index is 13.0. The minimum absolute atomic E-state index is 0.112. The number of carboxylic acids is 1. The minimum atomic E-state index is -5.08. The van der Waals surface area contributed by atoms with Gasteiger partial charge in [-0.05, 0) is 30.5 Å². The van der Waals surface area contributed by atoms with Crippen LogP contribution in [0.5, 0.6) is 0 Å². The summed E-state index contributed by atoms with van der Waals surface area (Å²) in [4.78, 5) is 23.1. The maximum Gasteiger partial charge on any atom is 0.490 e. The van der Waals surface area contributed by atoms with E-state index >= 15 is 0 Å². The zero-order valence-corrected chi connectivity index (χ0v) is 17.0. The third kappa shape index (κ3) is 6.57. The Morgan fingerprint density at radius 3 is 2.38 bits per heavy atom. The average Bonchev–Trinajstić information content (AvgIpc) is 3.16. The van der Waals surface area contributed by atoms with E-state index in [1.54, 1.807) is 12.4 Å². The SMILES string of the molecule is Fc1cnc(N2CCC3(CC2)CC(OCc2ccncc2)CO3)nc1.O=C(O)C(F)(F)F. The van der Waals surface area contributed by atoms with E-state index in [1.807, 2.05) is 12.1 Å². The summed E-state index contributed by atoms with van der Waals surface area (Å²) in [5, 5.41) is 7.12. The van der Waals surface area contributed by atoms with Crippen molar-refractivity contribution < 1.29 is 36.9 Å². The number of hydrogen-bond acceptors (Lipinski definition) is 7. The third-order valence-electron chi connectivity index (χ3n) is 5.22. The maximum absolute atomic E-state index is 13.0. The number of nitrogens with zero attached hydrogens (tertiary/aromatic N) is 4. The Bertz CT molecular complexity index is 875. The zero-order valence-electron chi connectivity index (χ0n) is 17.0. The number of anilines is 1. The first kappa shape index (κ1) is 23.8. The molecular formula is C20H22F4N4O4. The predicted octanol–water partition coefficient (Wildman–Crippen LogP) is 2.99. The first-order valence-corrected chi connectivity index (χ1v) is 9.84. The first-order chi connectivity index (χ1) is 15.2. The van der Waals surface area contributed by atoms with Crippen molar-refractivity contribution >= 4 is 11.9 Å². The van der Waals surface area contributed by atoms with Crippen molar-refractivity contribution in [1.82, 2.24) is 15.0 Å². The highest BCUT2D eigenvalue weighted by molar-refractivity contribution is 5.73. The summed E-state index contributed by atoms with van der Waals surface area (Å²) in [6.07, 6.45) is 3.74. The van der Waals surface area contributed by atoms with E-state index in [2.05, 4.69) is 19.9 Å².